The summed E-state index contributed by atoms with van der Waals surface area (Å²) >= 11 is 0. The lowest BCUT2D eigenvalue weighted by Crippen LogP contribution is -2.45. The normalized spacial score (nSPS) is 17.0. The summed E-state index contributed by atoms with van der Waals surface area (Å²) in [6.45, 7) is 6.54. The van der Waals surface area contributed by atoms with Gasteiger partial charge in [0.15, 0.2) is 0 Å². The second-order valence-electron chi connectivity index (χ2n) is 5.69. The van der Waals surface area contributed by atoms with Gasteiger partial charge in [-0.1, -0.05) is 13.8 Å². The van der Waals surface area contributed by atoms with E-state index < -0.39 is 0 Å². The van der Waals surface area contributed by atoms with Gasteiger partial charge in [0.25, 0.3) is 0 Å². The summed E-state index contributed by atoms with van der Waals surface area (Å²) in [5, 5.41) is 3.62. The third-order valence-electron chi connectivity index (χ3n) is 3.42. The Morgan fingerprint density at radius 3 is 2.58 bits per heavy atom. The summed E-state index contributed by atoms with van der Waals surface area (Å²) in [5.41, 5.74) is 0. The molecule has 1 aliphatic rings. The number of hydrogen-bond donors (Lipinski definition) is 1. The van der Waals surface area contributed by atoms with Crippen molar-refractivity contribution >= 4 is 11.8 Å². The molecule has 1 N–H and O–H groups in total. The van der Waals surface area contributed by atoms with Gasteiger partial charge in [-0.2, -0.15) is 4.98 Å². The van der Waals surface area contributed by atoms with Gasteiger partial charge < -0.3 is 15.1 Å². The Morgan fingerprint density at radius 1 is 1.32 bits per heavy atom. The molecule has 0 amide bonds. The molecule has 1 fully saturated rings. The van der Waals surface area contributed by atoms with Gasteiger partial charge in [-0.25, -0.2) is 4.98 Å². The van der Waals surface area contributed by atoms with Gasteiger partial charge in [-0.3, -0.25) is 0 Å². The predicted octanol–water partition coefficient (Wildman–Crippen LogP) is 1.51. The van der Waals surface area contributed by atoms with Gasteiger partial charge in [0.2, 0.25) is 5.95 Å². The van der Waals surface area contributed by atoms with Crippen molar-refractivity contribution in [1.29, 1.82) is 0 Å². The van der Waals surface area contributed by atoms with E-state index in [-0.39, 0.29) is 0 Å². The highest BCUT2D eigenvalue weighted by Crippen LogP contribution is 2.19. The quantitative estimate of drug-likeness (QED) is 0.892. The minimum absolute atomic E-state index is 0.566. The van der Waals surface area contributed by atoms with E-state index in [1.165, 1.54) is 12.8 Å². The summed E-state index contributed by atoms with van der Waals surface area (Å²) in [7, 11) is 3.94. The molecule has 0 spiro atoms. The highest BCUT2D eigenvalue weighted by atomic mass is 15.3. The molecule has 0 radical (unpaired) electrons. The molecule has 106 valence electrons. The molecular weight excluding hydrogens is 238 g/mol. The van der Waals surface area contributed by atoms with Crippen molar-refractivity contribution in [2.75, 3.05) is 37.0 Å². The summed E-state index contributed by atoms with van der Waals surface area (Å²) in [6, 6.07) is 3.21. The molecule has 0 saturated carbocycles. The fourth-order valence-corrected chi connectivity index (χ4v) is 2.48. The standard InChI is InChI=1S/C14H25N5/c1-11(2)16-12-6-9-19(10-7-12)13-5-8-15-14(17-13)18(3)4/h5,8,11-12,16H,6-7,9-10H2,1-4H3. The zero-order chi connectivity index (χ0) is 13.8. The van der Waals surface area contributed by atoms with Crippen LogP contribution >= 0.6 is 0 Å². The Labute approximate surface area is 116 Å². The van der Waals surface area contributed by atoms with E-state index in [9.17, 15) is 0 Å². The molecule has 2 rings (SSSR count). The first-order valence-electron chi connectivity index (χ1n) is 7.07. The Hall–Kier alpha value is -1.36. The van der Waals surface area contributed by atoms with Crippen LogP contribution in [0.2, 0.25) is 0 Å². The smallest absolute Gasteiger partial charge is 0.226 e. The second kappa shape index (κ2) is 6.19. The Balaban J connectivity index is 1.96. The zero-order valence-electron chi connectivity index (χ0n) is 12.4. The average Bonchev–Trinajstić information content (AvgIpc) is 2.39. The van der Waals surface area contributed by atoms with Crippen molar-refractivity contribution in [1.82, 2.24) is 15.3 Å². The molecule has 5 nitrogen and oxygen atoms in total. The molecule has 0 bridgehead atoms. The average molecular weight is 263 g/mol. The Kier molecular flexibility index (Phi) is 4.58. The van der Waals surface area contributed by atoms with Crippen molar-refractivity contribution in [3.63, 3.8) is 0 Å². The largest absolute Gasteiger partial charge is 0.356 e. The van der Waals surface area contributed by atoms with Crippen molar-refractivity contribution in [3.05, 3.63) is 12.3 Å². The molecule has 0 atom stereocenters. The molecule has 0 unspecified atom stereocenters. The lowest BCUT2D eigenvalue weighted by atomic mass is 10.0. The SMILES string of the molecule is CC(C)NC1CCN(c2ccnc(N(C)C)n2)CC1. The van der Waals surface area contributed by atoms with Crippen LogP contribution in [0.25, 0.3) is 0 Å². The zero-order valence-corrected chi connectivity index (χ0v) is 12.4. The third-order valence-corrected chi connectivity index (χ3v) is 3.42. The number of nitrogens with one attached hydrogen (secondary N) is 1. The summed E-state index contributed by atoms with van der Waals surface area (Å²) < 4.78 is 0. The summed E-state index contributed by atoms with van der Waals surface area (Å²) in [5.74, 6) is 1.82. The molecule has 1 saturated heterocycles. The van der Waals surface area contributed by atoms with E-state index in [4.69, 9.17) is 0 Å². The van der Waals surface area contributed by atoms with Gasteiger partial charge in [0.1, 0.15) is 5.82 Å². The van der Waals surface area contributed by atoms with Crippen LogP contribution in [0.15, 0.2) is 12.3 Å². The van der Waals surface area contributed by atoms with Gasteiger partial charge in [-0.15, -0.1) is 0 Å². The molecule has 1 aromatic heterocycles. The van der Waals surface area contributed by atoms with Crippen molar-refractivity contribution in [2.45, 2.75) is 38.8 Å². The van der Waals surface area contributed by atoms with Crippen LogP contribution in [0, 0.1) is 0 Å². The van der Waals surface area contributed by atoms with Crippen molar-refractivity contribution in [3.8, 4) is 0 Å². The number of nitrogens with zero attached hydrogens (tertiary/aromatic N) is 4. The minimum atomic E-state index is 0.566. The van der Waals surface area contributed by atoms with Gasteiger partial charge in [0, 0.05) is 45.5 Å². The molecule has 0 aromatic carbocycles. The fraction of sp³-hybridized carbons (Fsp3) is 0.714. The van der Waals surface area contributed by atoms with E-state index in [1.807, 2.05) is 31.3 Å². The molecule has 0 aliphatic carbocycles. The summed E-state index contributed by atoms with van der Waals surface area (Å²) in [4.78, 5) is 13.2. The number of piperidine rings is 1. The lowest BCUT2D eigenvalue weighted by molar-refractivity contribution is 0.386. The second-order valence-corrected chi connectivity index (χ2v) is 5.69. The number of anilines is 2. The van der Waals surface area contributed by atoms with Crippen LogP contribution in [0.3, 0.4) is 0 Å². The lowest BCUT2D eigenvalue weighted by Gasteiger charge is -2.34. The fourth-order valence-electron chi connectivity index (χ4n) is 2.48. The van der Waals surface area contributed by atoms with E-state index in [2.05, 4.69) is 34.0 Å². The van der Waals surface area contributed by atoms with E-state index in [0.29, 0.717) is 12.1 Å². The van der Waals surface area contributed by atoms with Gasteiger partial charge in [-0.05, 0) is 18.9 Å². The predicted molar refractivity (Wildman–Crippen MR) is 79.9 cm³/mol. The van der Waals surface area contributed by atoms with E-state index >= 15 is 0 Å². The van der Waals surface area contributed by atoms with Crippen LogP contribution in [-0.2, 0) is 0 Å². The van der Waals surface area contributed by atoms with Gasteiger partial charge >= 0.3 is 0 Å². The first-order chi connectivity index (χ1) is 9.06. The first kappa shape index (κ1) is 14.1. The van der Waals surface area contributed by atoms with Crippen LogP contribution in [0.1, 0.15) is 26.7 Å². The number of rotatable bonds is 4. The Morgan fingerprint density at radius 2 is 2.00 bits per heavy atom. The monoisotopic (exact) mass is 263 g/mol. The molecular formula is C14H25N5. The molecule has 1 aliphatic heterocycles. The van der Waals surface area contributed by atoms with Crippen molar-refractivity contribution < 1.29 is 0 Å². The van der Waals surface area contributed by atoms with Crippen LogP contribution in [0.5, 0.6) is 0 Å². The maximum atomic E-state index is 4.60. The maximum absolute atomic E-state index is 4.60. The van der Waals surface area contributed by atoms with Crippen molar-refractivity contribution in [2.24, 2.45) is 0 Å². The highest BCUT2D eigenvalue weighted by Gasteiger charge is 2.20. The molecule has 19 heavy (non-hydrogen) atoms. The minimum Gasteiger partial charge on any atom is -0.356 e. The molecule has 2 heterocycles. The van der Waals surface area contributed by atoms with Crippen LogP contribution < -0.4 is 15.1 Å². The maximum Gasteiger partial charge on any atom is 0.226 e. The highest BCUT2D eigenvalue weighted by molar-refractivity contribution is 5.43. The first-order valence-corrected chi connectivity index (χ1v) is 7.07. The number of hydrogen-bond acceptors (Lipinski definition) is 5. The Bertz CT molecular complexity index is 397. The van der Waals surface area contributed by atoms with Crippen LogP contribution in [0.4, 0.5) is 11.8 Å². The topological polar surface area (TPSA) is 44.3 Å². The molecule has 1 aromatic rings. The van der Waals surface area contributed by atoms with E-state index in [1.54, 1.807) is 0 Å². The molecule has 5 heteroatoms. The van der Waals surface area contributed by atoms with Gasteiger partial charge in [0.05, 0.1) is 0 Å². The van der Waals surface area contributed by atoms with E-state index in [0.717, 1.165) is 24.9 Å². The van der Waals surface area contributed by atoms with Crippen LogP contribution in [-0.4, -0.2) is 49.2 Å². The number of aromatic nitrogens is 2. The third kappa shape index (κ3) is 3.80. The summed E-state index contributed by atoms with van der Waals surface area (Å²) in [6.07, 6.45) is 4.20.